The average molecular weight is 485 g/mol. The number of methoxy groups -OCH3 is 1. The zero-order chi connectivity index (χ0) is 23.7. The summed E-state index contributed by atoms with van der Waals surface area (Å²) in [6.07, 6.45) is 4.25. The molecule has 0 radical (unpaired) electrons. The molecule has 3 aliphatic rings. The highest BCUT2D eigenvalue weighted by Gasteiger charge is 2.39. The standard InChI is InChI=1S/C25H26ClFN4O3/c1-11-10-34-24-19-22(29-25(33-3)30-23(19)31(11)12(2)13-4-5-13)20(27)21(28-24)16-8-15(32)9-17(26)18(16)14-6-7-14/h8-9,11-14,32H,4-7,10H2,1-3H3/t11-,12?/m0/s1. The summed E-state index contributed by atoms with van der Waals surface area (Å²) < 4.78 is 27.8. The molecule has 2 aliphatic carbocycles. The predicted octanol–water partition coefficient (Wildman–Crippen LogP) is 5.46. The number of rotatable bonds is 5. The molecule has 1 aromatic carbocycles. The molecule has 3 aromatic rings. The van der Waals surface area contributed by atoms with Crippen LogP contribution in [0.2, 0.25) is 5.02 Å². The highest BCUT2D eigenvalue weighted by Crippen LogP contribution is 2.50. The summed E-state index contributed by atoms with van der Waals surface area (Å²) in [7, 11) is 1.47. The van der Waals surface area contributed by atoms with Gasteiger partial charge in [0, 0.05) is 16.6 Å². The first kappa shape index (κ1) is 21.6. The van der Waals surface area contributed by atoms with Gasteiger partial charge in [0.15, 0.2) is 5.82 Å². The van der Waals surface area contributed by atoms with Crippen molar-refractivity contribution in [3.8, 4) is 28.9 Å². The van der Waals surface area contributed by atoms with E-state index in [0.29, 0.717) is 34.3 Å². The predicted molar refractivity (Wildman–Crippen MR) is 128 cm³/mol. The zero-order valence-corrected chi connectivity index (χ0v) is 20.1. The number of halogens is 2. The van der Waals surface area contributed by atoms with Crippen LogP contribution < -0.4 is 14.4 Å². The Morgan fingerprint density at radius 1 is 1.21 bits per heavy atom. The molecule has 2 saturated carbocycles. The van der Waals surface area contributed by atoms with Crippen molar-refractivity contribution >= 4 is 28.3 Å². The van der Waals surface area contributed by atoms with Crippen LogP contribution in [0, 0.1) is 11.7 Å². The topological polar surface area (TPSA) is 80.6 Å². The number of aromatic nitrogens is 3. The van der Waals surface area contributed by atoms with Gasteiger partial charge in [-0.3, -0.25) is 0 Å². The minimum Gasteiger partial charge on any atom is -0.508 e. The monoisotopic (exact) mass is 484 g/mol. The Kier molecular flexibility index (Phi) is 4.99. The first-order valence-electron chi connectivity index (χ1n) is 11.8. The summed E-state index contributed by atoms with van der Waals surface area (Å²) in [5.41, 5.74) is 1.41. The third-order valence-electron chi connectivity index (χ3n) is 7.17. The second-order valence-corrected chi connectivity index (χ2v) is 10.1. The van der Waals surface area contributed by atoms with Crippen LogP contribution in [0.4, 0.5) is 10.2 Å². The highest BCUT2D eigenvalue weighted by atomic mass is 35.5. The number of benzene rings is 1. The summed E-state index contributed by atoms with van der Waals surface area (Å²) in [6, 6.07) is 3.30. The van der Waals surface area contributed by atoms with Gasteiger partial charge in [0.25, 0.3) is 0 Å². The molecule has 2 fully saturated rings. The van der Waals surface area contributed by atoms with Crippen molar-refractivity contribution in [3.63, 3.8) is 0 Å². The minimum atomic E-state index is -0.610. The molecule has 9 heteroatoms. The smallest absolute Gasteiger partial charge is 0.318 e. The van der Waals surface area contributed by atoms with Crippen LogP contribution >= 0.6 is 11.6 Å². The van der Waals surface area contributed by atoms with E-state index in [1.807, 2.05) is 0 Å². The number of hydrogen-bond acceptors (Lipinski definition) is 7. The van der Waals surface area contributed by atoms with E-state index in [1.165, 1.54) is 19.2 Å². The largest absolute Gasteiger partial charge is 0.508 e. The summed E-state index contributed by atoms with van der Waals surface area (Å²) in [4.78, 5) is 15.9. The summed E-state index contributed by atoms with van der Waals surface area (Å²) in [5.74, 6) is 0.981. The lowest BCUT2D eigenvalue weighted by Gasteiger charge is -2.34. The second-order valence-electron chi connectivity index (χ2n) is 9.65. The van der Waals surface area contributed by atoms with Crippen molar-refractivity contribution in [2.45, 2.75) is 57.5 Å². The van der Waals surface area contributed by atoms with E-state index in [4.69, 9.17) is 21.1 Å². The Labute approximate surface area is 201 Å². The van der Waals surface area contributed by atoms with Gasteiger partial charge in [-0.05, 0) is 69.1 Å². The van der Waals surface area contributed by atoms with E-state index >= 15 is 4.39 Å². The maximum Gasteiger partial charge on any atom is 0.318 e. The fourth-order valence-corrected chi connectivity index (χ4v) is 5.51. The van der Waals surface area contributed by atoms with E-state index in [2.05, 4.69) is 33.7 Å². The molecule has 1 N–H and O–H groups in total. The fraction of sp³-hybridized carbons (Fsp3) is 0.480. The van der Waals surface area contributed by atoms with Gasteiger partial charge in [-0.15, -0.1) is 0 Å². The van der Waals surface area contributed by atoms with Crippen molar-refractivity contribution < 1.29 is 19.0 Å². The number of pyridine rings is 1. The van der Waals surface area contributed by atoms with Crippen molar-refractivity contribution in [2.75, 3.05) is 18.6 Å². The summed E-state index contributed by atoms with van der Waals surface area (Å²) >= 11 is 6.49. The average Bonchev–Trinajstić information content (AvgIpc) is 3.69. The number of phenols is 1. The van der Waals surface area contributed by atoms with Crippen LogP contribution in [0.15, 0.2) is 12.1 Å². The van der Waals surface area contributed by atoms with Gasteiger partial charge in [-0.25, -0.2) is 9.37 Å². The van der Waals surface area contributed by atoms with E-state index in [9.17, 15) is 5.11 Å². The molecular weight excluding hydrogens is 459 g/mol. The molecule has 0 amide bonds. The molecule has 1 aliphatic heterocycles. The maximum absolute atomic E-state index is 16.2. The Morgan fingerprint density at radius 3 is 2.65 bits per heavy atom. The van der Waals surface area contributed by atoms with Gasteiger partial charge in [0.05, 0.1) is 13.2 Å². The normalized spacial score (nSPS) is 20.7. The molecule has 0 saturated heterocycles. The van der Waals surface area contributed by atoms with Gasteiger partial charge in [0.1, 0.15) is 34.8 Å². The summed E-state index contributed by atoms with van der Waals surface area (Å²) in [6.45, 7) is 4.62. The van der Waals surface area contributed by atoms with Crippen LogP contribution in [-0.4, -0.2) is 45.9 Å². The lowest BCUT2D eigenvalue weighted by atomic mass is 9.98. The van der Waals surface area contributed by atoms with Gasteiger partial charge < -0.3 is 19.5 Å². The van der Waals surface area contributed by atoms with Crippen LogP contribution in [0.3, 0.4) is 0 Å². The molecular formula is C25H26ClFN4O3. The molecule has 2 aromatic heterocycles. The van der Waals surface area contributed by atoms with Crippen LogP contribution in [0.5, 0.6) is 17.6 Å². The first-order chi connectivity index (χ1) is 16.4. The number of phenolic OH excluding ortho intramolecular Hbond substituents is 1. The molecule has 6 rings (SSSR count). The van der Waals surface area contributed by atoms with Gasteiger partial charge in [-0.2, -0.15) is 9.97 Å². The van der Waals surface area contributed by atoms with Crippen molar-refractivity contribution in [2.24, 2.45) is 5.92 Å². The van der Waals surface area contributed by atoms with Crippen LogP contribution in [0.25, 0.3) is 22.2 Å². The van der Waals surface area contributed by atoms with E-state index in [1.54, 1.807) is 0 Å². The second kappa shape index (κ2) is 7.83. The van der Waals surface area contributed by atoms with E-state index < -0.39 is 5.82 Å². The lowest BCUT2D eigenvalue weighted by molar-refractivity contribution is 0.279. The molecule has 2 atom stereocenters. The number of ether oxygens (including phenoxy) is 2. The Balaban J connectivity index is 1.64. The van der Waals surface area contributed by atoms with E-state index in [0.717, 1.165) is 31.2 Å². The fourth-order valence-electron chi connectivity index (χ4n) is 5.14. The van der Waals surface area contributed by atoms with E-state index in [-0.39, 0.29) is 46.9 Å². The van der Waals surface area contributed by atoms with Crippen LogP contribution in [-0.2, 0) is 0 Å². The molecule has 7 nitrogen and oxygen atoms in total. The quantitative estimate of drug-likeness (QED) is 0.514. The number of anilines is 1. The Morgan fingerprint density at radius 2 is 1.97 bits per heavy atom. The number of nitrogens with zero attached hydrogens (tertiary/aromatic N) is 4. The molecule has 1 unspecified atom stereocenters. The highest BCUT2D eigenvalue weighted by molar-refractivity contribution is 6.32. The third-order valence-corrected chi connectivity index (χ3v) is 7.49. The number of hydrogen-bond donors (Lipinski definition) is 1. The minimum absolute atomic E-state index is 0.00337. The Hall–Kier alpha value is -2.87. The molecule has 0 spiro atoms. The summed E-state index contributed by atoms with van der Waals surface area (Å²) in [5, 5.41) is 11.1. The maximum atomic E-state index is 16.2. The zero-order valence-electron chi connectivity index (χ0n) is 19.3. The Bertz CT molecular complexity index is 1310. The van der Waals surface area contributed by atoms with Gasteiger partial charge >= 0.3 is 6.01 Å². The van der Waals surface area contributed by atoms with Crippen molar-refractivity contribution in [1.82, 2.24) is 15.0 Å². The van der Waals surface area contributed by atoms with Gasteiger partial charge in [-0.1, -0.05) is 11.6 Å². The van der Waals surface area contributed by atoms with Crippen molar-refractivity contribution in [3.05, 3.63) is 28.5 Å². The first-order valence-corrected chi connectivity index (χ1v) is 12.1. The number of aromatic hydroxyl groups is 1. The molecule has 3 heterocycles. The van der Waals surface area contributed by atoms with Gasteiger partial charge in [0.2, 0.25) is 5.88 Å². The third kappa shape index (κ3) is 3.42. The lowest BCUT2D eigenvalue weighted by Crippen LogP contribution is -2.44. The molecule has 34 heavy (non-hydrogen) atoms. The molecule has 178 valence electrons. The van der Waals surface area contributed by atoms with Crippen molar-refractivity contribution in [1.29, 1.82) is 0 Å². The van der Waals surface area contributed by atoms with Crippen LogP contribution in [0.1, 0.15) is 51.0 Å². The molecule has 0 bridgehead atoms. The SMILES string of the molecule is COc1nc2c3c(nc(-c4cc(O)cc(Cl)c4C4CC4)c(F)c3n1)OC[C@H](C)N2C(C)C1CC1.